The van der Waals surface area contributed by atoms with E-state index in [0.717, 1.165) is 6.07 Å². The second-order valence-corrected chi connectivity index (χ2v) is 6.33. The SMILES string of the molecule is O=C(CC(=O)C(Cl)(Cl)Cl)Nc1ccc(Cl)c(C(=O)O)c1. The maximum absolute atomic E-state index is 11.5. The Morgan fingerprint density at radius 3 is 2.30 bits per heavy atom. The normalized spacial score (nSPS) is 11.0. The Morgan fingerprint density at radius 2 is 1.80 bits per heavy atom. The summed E-state index contributed by atoms with van der Waals surface area (Å²) in [5, 5.41) is 11.2. The molecular formula is C11H7Cl4NO4. The number of nitrogens with one attached hydrogen (secondary N) is 1. The number of hydrogen-bond acceptors (Lipinski definition) is 3. The maximum atomic E-state index is 11.5. The van der Waals surface area contributed by atoms with E-state index in [1.807, 2.05) is 0 Å². The molecule has 1 rings (SSSR count). The van der Waals surface area contributed by atoms with Gasteiger partial charge in [0.15, 0.2) is 5.78 Å². The predicted molar refractivity (Wildman–Crippen MR) is 77.0 cm³/mol. The van der Waals surface area contributed by atoms with Crippen molar-refractivity contribution in [2.75, 3.05) is 5.32 Å². The van der Waals surface area contributed by atoms with E-state index in [4.69, 9.17) is 51.5 Å². The molecule has 0 unspecified atom stereocenters. The van der Waals surface area contributed by atoms with Crippen molar-refractivity contribution in [3.05, 3.63) is 28.8 Å². The van der Waals surface area contributed by atoms with Crippen molar-refractivity contribution >= 4 is 69.8 Å². The summed E-state index contributed by atoms with van der Waals surface area (Å²) in [4.78, 5) is 33.7. The van der Waals surface area contributed by atoms with Crippen LogP contribution in [0, 0.1) is 0 Å². The van der Waals surface area contributed by atoms with Crippen LogP contribution in [-0.2, 0) is 9.59 Å². The van der Waals surface area contributed by atoms with E-state index in [-0.39, 0.29) is 16.3 Å². The molecular weight excluding hydrogens is 352 g/mol. The predicted octanol–water partition coefficient (Wildman–Crippen LogP) is 3.31. The molecule has 0 aromatic heterocycles. The number of benzene rings is 1. The largest absolute Gasteiger partial charge is 0.478 e. The lowest BCUT2D eigenvalue weighted by molar-refractivity contribution is -0.124. The van der Waals surface area contributed by atoms with Crippen LogP contribution in [0.4, 0.5) is 5.69 Å². The molecule has 1 aromatic rings. The van der Waals surface area contributed by atoms with Gasteiger partial charge < -0.3 is 10.4 Å². The number of hydrogen-bond donors (Lipinski definition) is 2. The number of anilines is 1. The Hall–Kier alpha value is -1.01. The summed E-state index contributed by atoms with van der Waals surface area (Å²) in [5.41, 5.74) is -0.0221. The van der Waals surface area contributed by atoms with E-state index < -0.39 is 27.9 Å². The van der Waals surface area contributed by atoms with E-state index in [2.05, 4.69) is 5.32 Å². The van der Waals surface area contributed by atoms with Gasteiger partial charge in [0.1, 0.15) is 0 Å². The summed E-state index contributed by atoms with van der Waals surface area (Å²) in [6, 6.07) is 3.84. The highest BCUT2D eigenvalue weighted by atomic mass is 35.6. The van der Waals surface area contributed by atoms with E-state index in [9.17, 15) is 14.4 Å². The Morgan fingerprint density at radius 1 is 1.20 bits per heavy atom. The van der Waals surface area contributed by atoms with Crippen molar-refractivity contribution in [3.8, 4) is 0 Å². The average Bonchev–Trinajstić information content (AvgIpc) is 2.29. The van der Waals surface area contributed by atoms with Crippen LogP contribution in [0.3, 0.4) is 0 Å². The van der Waals surface area contributed by atoms with Crippen LogP contribution < -0.4 is 5.32 Å². The fourth-order valence-corrected chi connectivity index (χ4v) is 1.62. The lowest BCUT2D eigenvalue weighted by atomic mass is 10.2. The number of ketones is 1. The molecule has 2 N–H and O–H groups in total. The lowest BCUT2D eigenvalue weighted by Crippen LogP contribution is -2.25. The van der Waals surface area contributed by atoms with E-state index in [1.165, 1.54) is 12.1 Å². The van der Waals surface area contributed by atoms with Gasteiger partial charge in [-0.3, -0.25) is 9.59 Å². The van der Waals surface area contributed by atoms with Crippen LogP contribution in [0.5, 0.6) is 0 Å². The third kappa shape index (κ3) is 4.83. The lowest BCUT2D eigenvalue weighted by Gasteiger charge is -2.10. The summed E-state index contributed by atoms with van der Waals surface area (Å²) >= 11 is 21.6. The van der Waals surface area contributed by atoms with Gasteiger partial charge in [0.2, 0.25) is 9.70 Å². The number of alkyl halides is 3. The van der Waals surface area contributed by atoms with E-state index >= 15 is 0 Å². The van der Waals surface area contributed by atoms with Crippen LogP contribution in [-0.4, -0.2) is 26.6 Å². The second-order valence-electron chi connectivity index (χ2n) is 3.65. The molecule has 0 bridgehead atoms. The smallest absolute Gasteiger partial charge is 0.337 e. The van der Waals surface area contributed by atoms with Crippen LogP contribution >= 0.6 is 46.4 Å². The number of carbonyl (C=O) groups is 3. The minimum Gasteiger partial charge on any atom is -0.478 e. The topological polar surface area (TPSA) is 83.5 Å². The number of rotatable bonds is 4. The standard InChI is InChI=1S/C11H7Cl4NO4/c12-7-2-1-5(3-6(7)10(19)20)16-9(18)4-8(17)11(13,14)15/h1-3H,4H2,(H,16,18)(H,19,20). The van der Waals surface area contributed by atoms with Gasteiger partial charge in [-0.05, 0) is 18.2 Å². The van der Waals surface area contributed by atoms with Crippen LogP contribution in [0.2, 0.25) is 5.02 Å². The minimum absolute atomic E-state index is 0.0212. The summed E-state index contributed by atoms with van der Waals surface area (Å²) < 4.78 is -2.18. The molecule has 20 heavy (non-hydrogen) atoms. The monoisotopic (exact) mass is 357 g/mol. The summed E-state index contributed by atoms with van der Waals surface area (Å²) in [6.45, 7) is 0. The molecule has 0 aliphatic rings. The fraction of sp³-hybridized carbons (Fsp3) is 0.182. The third-order valence-electron chi connectivity index (χ3n) is 2.12. The maximum Gasteiger partial charge on any atom is 0.337 e. The van der Waals surface area contributed by atoms with Gasteiger partial charge in [-0.1, -0.05) is 46.4 Å². The van der Waals surface area contributed by atoms with Gasteiger partial charge in [-0.2, -0.15) is 0 Å². The van der Waals surface area contributed by atoms with E-state index in [0.29, 0.717) is 0 Å². The van der Waals surface area contributed by atoms with Crippen LogP contribution in [0.25, 0.3) is 0 Å². The Bertz CT molecular complexity index is 568. The van der Waals surface area contributed by atoms with Crippen LogP contribution in [0.15, 0.2) is 18.2 Å². The van der Waals surface area contributed by atoms with Crippen molar-refractivity contribution in [1.29, 1.82) is 0 Å². The zero-order chi connectivity index (χ0) is 15.5. The molecule has 0 fully saturated rings. The summed E-state index contributed by atoms with van der Waals surface area (Å²) in [7, 11) is 0. The number of carboxylic acids is 1. The number of carboxylic acid groups (broad SMARTS) is 1. The van der Waals surface area contributed by atoms with Crippen molar-refractivity contribution in [2.45, 2.75) is 10.2 Å². The zero-order valence-corrected chi connectivity index (χ0v) is 12.6. The molecule has 0 spiro atoms. The average molecular weight is 359 g/mol. The molecule has 1 amide bonds. The number of aromatic carboxylic acids is 1. The quantitative estimate of drug-likeness (QED) is 0.638. The van der Waals surface area contributed by atoms with Gasteiger partial charge in [0.05, 0.1) is 17.0 Å². The summed E-state index contributed by atoms with van der Waals surface area (Å²) in [5.74, 6) is -2.88. The Balaban J connectivity index is 2.79. The first-order valence-corrected chi connectivity index (χ1v) is 6.55. The minimum atomic E-state index is -2.18. The van der Waals surface area contributed by atoms with Gasteiger partial charge >= 0.3 is 5.97 Å². The molecule has 5 nitrogen and oxygen atoms in total. The van der Waals surface area contributed by atoms with Crippen molar-refractivity contribution in [3.63, 3.8) is 0 Å². The van der Waals surface area contributed by atoms with Gasteiger partial charge in [-0.15, -0.1) is 0 Å². The number of halogens is 4. The Labute approximate surface area is 133 Å². The van der Waals surface area contributed by atoms with Crippen LogP contribution in [0.1, 0.15) is 16.8 Å². The molecule has 0 aliphatic heterocycles. The van der Waals surface area contributed by atoms with Gasteiger partial charge in [0.25, 0.3) is 0 Å². The van der Waals surface area contributed by atoms with Crippen molar-refractivity contribution < 1.29 is 19.5 Å². The number of amides is 1. The molecule has 108 valence electrons. The Kier molecular flexibility index (Phi) is 5.65. The van der Waals surface area contributed by atoms with E-state index in [1.54, 1.807) is 0 Å². The van der Waals surface area contributed by atoms with Gasteiger partial charge in [-0.25, -0.2) is 4.79 Å². The highest BCUT2D eigenvalue weighted by Crippen LogP contribution is 2.28. The third-order valence-corrected chi connectivity index (χ3v) is 3.08. The highest BCUT2D eigenvalue weighted by molar-refractivity contribution is 6.76. The first-order valence-electron chi connectivity index (χ1n) is 5.04. The first-order chi connectivity index (χ1) is 9.11. The second kappa shape index (κ2) is 6.63. The fourth-order valence-electron chi connectivity index (χ4n) is 1.22. The highest BCUT2D eigenvalue weighted by Gasteiger charge is 2.31. The number of Topliss-reactive ketones (excluding diaryl/α,β-unsaturated/α-hetero) is 1. The zero-order valence-electron chi connectivity index (χ0n) is 9.62. The first kappa shape index (κ1) is 17.0. The molecule has 0 aliphatic carbocycles. The molecule has 0 atom stereocenters. The molecule has 0 saturated heterocycles. The molecule has 0 heterocycles. The summed E-state index contributed by atoms with van der Waals surface area (Å²) in [6.07, 6.45) is -0.651. The van der Waals surface area contributed by atoms with Crippen molar-refractivity contribution in [2.24, 2.45) is 0 Å². The molecule has 1 aromatic carbocycles. The number of carbonyl (C=O) groups excluding carboxylic acids is 2. The molecule has 9 heteroatoms. The molecule has 0 saturated carbocycles. The molecule has 0 radical (unpaired) electrons. The van der Waals surface area contributed by atoms with Crippen molar-refractivity contribution in [1.82, 2.24) is 0 Å². The van der Waals surface area contributed by atoms with Gasteiger partial charge in [0, 0.05) is 5.69 Å².